The van der Waals surface area contributed by atoms with Crippen molar-refractivity contribution < 1.29 is 23.5 Å². The van der Waals surface area contributed by atoms with E-state index in [2.05, 4.69) is 15.4 Å². The number of carbonyl (C=O) groups is 3. The number of esters is 1. The number of amides is 2. The maximum absolute atomic E-state index is 13.5. The molecule has 0 aromatic heterocycles. The van der Waals surface area contributed by atoms with Gasteiger partial charge in [0.05, 0.1) is 12.7 Å². The van der Waals surface area contributed by atoms with Crippen LogP contribution in [0.25, 0.3) is 0 Å². The van der Waals surface area contributed by atoms with E-state index in [0.29, 0.717) is 16.7 Å². The van der Waals surface area contributed by atoms with E-state index in [9.17, 15) is 18.8 Å². The predicted molar refractivity (Wildman–Crippen MR) is 93.6 cm³/mol. The lowest BCUT2D eigenvalue weighted by molar-refractivity contribution is 0.0600. The molecule has 2 N–H and O–H groups in total. The number of aryl methyl sites for hydroxylation is 1. The minimum Gasteiger partial charge on any atom is -0.465 e. The van der Waals surface area contributed by atoms with Crippen LogP contribution in [0.1, 0.15) is 36.6 Å². The Labute approximate surface area is 150 Å². The number of halogens is 1. The van der Waals surface area contributed by atoms with Gasteiger partial charge < -0.3 is 15.4 Å². The van der Waals surface area contributed by atoms with Crippen LogP contribution in [0.4, 0.5) is 4.39 Å². The number of methoxy groups -OCH3 is 1. The topological polar surface area (TPSA) is 84.5 Å². The first-order chi connectivity index (χ1) is 12.4. The van der Waals surface area contributed by atoms with Crippen LogP contribution in [0.3, 0.4) is 0 Å². The van der Waals surface area contributed by atoms with Gasteiger partial charge in [0.2, 0.25) is 0 Å². The molecule has 0 aliphatic rings. The average molecular weight is 358 g/mol. The lowest BCUT2D eigenvalue weighted by atomic mass is 10.1. The fourth-order valence-corrected chi connectivity index (χ4v) is 2.17. The normalized spacial score (nSPS) is 10.1. The highest BCUT2D eigenvalue weighted by Gasteiger charge is 2.10. The van der Waals surface area contributed by atoms with E-state index in [1.807, 2.05) is 0 Å². The van der Waals surface area contributed by atoms with Crippen molar-refractivity contribution in [1.82, 2.24) is 10.6 Å². The third-order valence-electron chi connectivity index (χ3n) is 3.70. The molecule has 2 amide bonds. The summed E-state index contributed by atoms with van der Waals surface area (Å²) in [5.74, 6) is -1.67. The summed E-state index contributed by atoms with van der Waals surface area (Å²) in [5.41, 5.74) is 1.41. The standard InChI is InChI=1S/C19H19FN2O4/c1-12-3-4-15(11-16(12)20)18(24)22-10-9-21-17(23)13-5-7-14(8-6-13)19(25)26-2/h3-8,11H,9-10H2,1-2H3,(H,21,23)(H,22,24). The summed E-state index contributed by atoms with van der Waals surface area (Å²) < 4.78 is 18.0. The summed E-state index contributed by atoms with van der Waals surface area (Å²) in [6, 6.07) is 10.2. The predicted octanol–water partition coefficient (Wildman–Crippen LogP) is 2.08. The van der Waals surface area contributed by atoms with Crippen LogP contribution in [-0.2, 0) is 4.74 Å². The molecule has 0 unspecified atom stereocenters. The number of ether oxygens (including phenoxy) is 1. The molecule has 0 spiro atoms. The average Bonchev–Trinajstić information content (AvgIpc) is 2.66. The van der Waals surface area contributed by atoms with Gasteiger partial charge in [-0.25, -0.2) is 9.18 Å². The van der Waals surface area contributed by atoms with Gasteiger partial charge in [-0.15, -0.1) is 0 Å². The summed E-state index contributed by atoms with van der Waals surface area (Å²) in [4.78, 5) is 35.3. The second kappa shape index (κ2) is 8.75. The first-order valence-electron chi connectivity index (χ1n) is 7.93. The third-order valence-corrected chi connectivity index (χ3v) is 3.70. The molecule has 0 saturated carbocycles. The molecule has 2 aromatic rings. The van der Waals surface area contributed by atoms with Crippen molar-refractivity contribution in [1.29, 1.82) is 0 Å². The van der Waals surface area contributed by atoms with Crippen LogP contribution >= 0.6 is 0 Å². The van der Waals surface area contributed by atoms with Crippen LogP contribution in [0, 0.1) is 12.7 Å². The molecule has 7 heteroatoms. The van der Waals surface area contributed by atoms with Gasteiger partial charge in [0.15, 0.2) is 0 Å². The molecular weight excluding hydrogens is 339 g/mol. The van der Waals surface area contributed by atoms with Gasteiger partial charge in [-0.2, -0.15) is 0 Å². The summed E-state index contributed by atoms with van der Waals surface area (Å²) >= 11 is 0. The molecular formula is C19H19FN2O4. The summed E-state index contributed by atoms with van der Waals surface area (Å²) in [7, 11) is 1.28. The van der Waals surface area contributed by atoms with E-state index in [-0.39, 0.29) is 24.6 Å². The van der Waals surface area contributed by atoms with Crippen molar-refractivity contribution in [3.8, 4) is 0 Å². The van der Waals surface area contributed by atoms with E-state index in [1.165, 1.54) is 49.6 Å². The SMILES string of the molecule is COC(=O)c1ccc(C(=O)NCCNC(=O)c2ccc(C)c(F)c2)cc1. The van der Waals surface area contributed by atoms with Gasteiger partial charge in [0.25, 0.3) is 11.8 Å². The quantitative estimate of drug-likeness (QED) is 0.612. The first kappa shape index (κ1) is 19.1. The lowest BCUT2D eigenvalue weighted by Crippen LogP contribution is -2.34. The smallest absolute Gasteiger partial charge is 0.337 e. The fourth-order valence-electron chi connectivity index (χ4n) is 2.17. The zero-order valence-electron chi connectivity index (χ0n) is 14.5. The molecule has 0 atom stereocenters. The molecule has 0 fully saturated rings. The van der Waals surface area contributed by atoms with Gasteiger partial charge in [0.1, 0.15) is 5.82 Å². The van der Waals surface area contributed by atoms with Crippen LogP contribution in [0.5, 0.6) is 0 Å². The third kappa shape index (κ3) is 4.89. The Kier molecular flexibility index (Phi) is 6.43. The number of hydrogen-bond acceptors (Lipinski definition) is 4. The molecule has 0 bridgehead atoms. The molecule has 0 saturated heterocycles. The monoisotopic (exact) mass is 358 g/mol. The van der Waals surface area contributed by atoms with Crippen molar-refractivity contribution in [2.24, 2.45) is 0 Å². The summed E-state index contributed by atoms with van der Waals surface area (Å²) in [6.45, 7) is 2.02. The molecule has 26 heavy (non-hydrogen) atoms. The van der Waals surface area contributed by atoms with Crippen molar-refractivity contribution in [3.05, 3.63) is 70.5 Å². The van der Waals surface area contributed by atoms with Crippen LogP contribution in [-0.4, -0.2) is 38.0 Å². The molecule has 2 rings (SSSR count). The Morgan fingerprint density at radius 1 is 0.885 bits per heavy atom. The molecule has 0 heterocycles. The van der Waals surface area contributed by atoms with E-state index < -0.39 is 17.7 Å². The summed E-state index contributed by atoms with van der Waals surface area (Å²) in [6.07, 6.45) is 0. The Morgan fingerprint density at radius 2 is 1.38 bits per heavy atom. The zero-order valence-corrected chi connectivity index (χ0v) is 14.5. The number of hydrogen-bond donors (Lipinski definition) is 2. The molecule has 6 nitrogen and oxygen atoms in total. The van der Waals surface area contributed by atoms with E-state index in [0.717, 1.165) is 0 Å². The fraction of sp³-hybridized carbons (Fsp3) is 0.211. The Hall–Kier alpha value is -3.22. The van der Waals surface area contributed by atoms with Crippen molar-refractivity contribution >= 4 is 17.8 Å². The van der Waals surface area contributed by atoms with Gasteiger partial charge in [0, 0.05) is 24.2 Å². The Morgan fingerprint density at radius 3 is 1.92 bits per heavy atom. The molecule has 0 aliphatic carbocycles. The molecule has 2 aromatic carbocycles. The highest BCUT2D eigenvalue weighted by atomic mass is 19.1. The Bertz CT molecular complexity index is 819. The van der Waals surface area contributed by atoms with Gasteiger partial charge in [-0.1, -0.05) is 6.07 Å². The number of rotatable bonds is 6. The van der Waals surface area contributed by atoms with Crippen molar-refractivity contribution in [2.45, 2.75) is 6.92 Å². The number of carbonyl (C=O) groups excluding carboxylic acids is 3. The summed E-state index contributed by atoms with van der Waals surface area (Å²) in [5, 5.41) is 5.25. The highest BCUT2D eigenvalue weighted by Crippen LogP contribution is 2.09. The number of benzene rings is 2. The van der Waals surface area contributed by atoms with Crippen LogP contribution in [0.2, 0.25) is 0 Å². The van der Waals surface area contributed by atoms with Crippen LogP contribution < -0.4 is 10.6 Å². The van der Waals surface area contributed by atoms with E-state index >= 15 is 0 Å². The second-order valence-electron chi connectivity index (χ2n) is 5.54. The van der Waals surface area contributed by atoms with Gasteiger partial charge in [-0.05, 0) is 48.9 Å². The maximum Gasteiger partial charge on any atom is 0.337 e. The maximum atomic E-state index is 13.5. The molecule has 0 radical (unpaired) electrons. The van der Waals surface area contributed by atoms with Crippen molar-refractivity contribution in [2.75, 3.05) is 20.2 Å². The minimum atomic E-state index is -0.479. The van der Waals surface area contributed by atoms with Crippen LogP contribution in [0.15, 0.2) is 42.5 Å². The molecule has 136 valence electrons. The lowest BCUT2D eigenvalue weighted by Gasteiger charge is -2.08. The zero-order chi connectivity index (χ0) is 19.1. The second-order valence-corrected chi connectivity index (χ2v) is 5.54. The number of nitrogens with one attached hydrogen (secondary N) is 2. The van der Waals surface area contributed by atoms with Gasteiger partial charge in [-0.3, -0.25) is 9.59 Å². The minimum absolute atomic E-state index is 0.195. The van der Waals surface area contributed by atoms with E-state index in [1.54, 1.807) is 6.92 Å². The largest absolute Gasteiger partial charge is 0.465 e. The highest BCUT2D eigenvalue weighted by molar-refractivity contribution is 5.96. The van der Waals surface area contributed by atoms with Crippen molar-refractivity contribution in [3.63, 3.8) is 0 Å². The first-order valence-corrected chi connectivity index (χ1v) is 7.93. The van der Waals surface area contributed by atoms with Gasteiger partial charge >= 0.3 is 5.97 Å². The Balaban J connectivity index is 1.80. The van der Waals surface area contributed by atoms with E-state index in [4.69, 9.17) is 0 Å². The molecule has 0 aliphatic heterocycles.